The lowest BCUT2D eigenvalue weighted by Crippen LogP contribution is -2.32. The molecule has 2 aromatic rings. The van der Waals surface area contributed by atoms with Crippen LogP contribution in [0.15, 0.2) is 30.3 Å². The first kappa shape index (κ1) is 15.6. The molecular weight excluding hydrogens is 325 g/mol. The minimum atomic E-state index is -3.91. The number of fused-ring (bicyclic) bond motifs is 1. The molecule has 6 nitrogen and oxygen atoms in total. The Labute approximate surface area is 133 Å². The molecule has 0 atom stereocenters. The summed E-state index contributed by atoms with van der Waals surface area (Å²) in [5, 5.41) is 0. The molecule has 2 aromatic carbocycles. The van der Waals surface area contributed by atoms with Crippen LogP contribution < -0.4 is 18.4 Å². The lowest BCUT2D eigenvalue weighted by Gasteiger charge is -2.21. The summed E-state index contributed by atoms with van der Waals surface area (Å²) in [7, 11) is -0.935. The molecule has 0 aromatic heterocycles. The molecule has 1 aliphatic heterocycles. The quantitative estimate of drug-likeness (QED) is 0.928. The first-order chi connectivity index (χ1) is 10.9. The van der Waals surface area contributed by atoms with Crippen LogP contribution in [0.5, 0.6) is 17.2 Å². The van der Waals surface area contributed by atoms with Gasteiger partial charge in [-0.25, -0.2) is 4.39 Å². The van der Waals surface area contributed by atoms with Crippen molar-refractivity contribution in [1.29, 1.82) is 0 Å². The second-order valence-corrected chi connectivity index (χ2v) is 6.23. The minimum absolute atomic E-state index is 0.0408. The molecule has 0 aliphatic carbocycles. The van der Waals surface area contributed by atoms with Gasteiger partial charge in [-0.05, 0) is 24.3 Å². The van der Waals surface area contributed by atoms with Crippen molar-refractivity contribution >= 4 is 10.3 Å². The zero-order valence-corrected chi connectivity index (χ0v) is 13.2. The zero-order chi connectivity index (χ0) is 16.6. The predicted octanol–water partition coefficient (Wildman–Crippen LogP) is 2.24. The van der Waals surface area contributed by atoms with Crippen LogP contribution in [0.1, 0.15) is 5.56 Å². The van der Waals surface area contributed by atoms with E-state index in [2.05, 4.69) is 4.72 Å². The Kier molecular flexibility index (Phi) is 3.87. The third kappa shape index (κ3) is 2.95. The SMILES string of the molecule is COc1ccc(-c2cc(F)cc3c2OS(=O)(=O)NC3)c(OC)c1. The Morgan fingerprint density at radius 1 is 1.13 bits per heavy atom. The molecule has 122 valence electrons. The van der Waals surface area contributed by atoms with Crippen molar-refractivity contribution in [3.05, 3.63) is 41.7 Å². The van der Waals surface area contributed by atoms with E-state index in [9.17, 15) is 12.8 Å². The Balaban J connectivity index is 2.23. The molecule has 0 saturated heterocycles. The second-order valence-electron chi connectivity index (χ2n) is 4.87. The van der Waals surface area contributed by atoms with Gasteiger partial charge in [-0.2, -0.15) is 13.1 Å². The van der Waals surface area contributed by atoms with Gasteiger partial charge >= 0.3 is 10.3 Å². The maximum Gasteiger partial charge on any atom is 0.382 e. The van der Waals surface area contributed by atoms with Crippen molar-refractivity contribution < 1.29 is 26.5 Å². The first-order valence-corrected chi connectivity index (χ1v) is 8.08. The van der Waals surface area contributed by atoms with Crippen LogP contribution >= 0.6 is 0 Å². The fourth-order valence-electron chi connectivity index (χ4n) is 2.41. The summed E-state index contributed by atoms with van der Waals surface area (Å²) in [6.45, 7) is -0.0408. The van der Waals surface area contributed by atoms with Crippen molar-refractivity contribution in [3.8, 4) is 28.4 Å². The molecule has 3 rings (SSSR count). The number of nitrogens with one attached hydrogen (secondary N) is 1. The fraction of sp³-hybridized carbons (Fsp3) is 0.200. The molecule has 0 bridgehead atoms. The van der Waals surface area contributed by atoms with Gasteiger partial charge in [0.15, 0.2) is 5.75 Å². The third-order valence-corrected chi connectivity index (χ3v) is 4.35. The summed E-state index contributed by atoms with van der Waals surface area (Å²) in [5.74, 6) is 0.567. The van der Waals surface area contributed by atoms with Crippen LogP contribution in [0.2, 0.25) is 0 Å². The molecule has 8 heteroatoms. The number of hydrogen-bond donors (Lipinski definition) is 1. The number of halogens is 1. The van der Waals surface area contributed by atoms with Gasteiger partial charge in [-0.1, -0.05) is 0 Å². The van der Waals surface area contributed by atoms with E-state index >= 15 is 0 Å². The third-order valence-electron chi connectivity index (χ3n) is 3.46. The van der Waals surface area contributed by atoms with E-state index in [1.165, 1.54) is 26.4 Å². The van der Waals surface area contributed by atoms with E-state index < -0.39 is 16.1 Å². The average Bonchev–Trinajstić information content (AvgIpc) is 2.53. The topological polar surface area (TPSA) is 73.9 Å². The maximum absolute atomic E-state index is 13.9. The van der Waals surface area contributed by atoms with E-state index in [-0.39, 0.29) is 12.3 Å². The van der Waals surface area contributed by atoms with Crippen LogP contribution in [0.25, 0.3) is 11.1 Å². The molecule has 1 aliphatic rings. The largest absolute Gasteiger partial charge is 0.497 e. The number of rotatable bonds is 3. The smallest absolute Gasteiger partial charge is 0.382 e. The van der Waals surface area contributed by atoms with Gasteiger partial charge in [0.1, 0.15) is 17.3 Å². The molecule has 23 heavy (non-hydrogen) atoms. The highest BCUT2D eigenvalue weighted by Gasteiger charge is 2.27. The molecule has 0 fully saturated rings. The van der Waals surface area contributed by atoms with Crippen LogP contribution in [0.3, 0.4) is 0 Å². The van der Waals surface area contributed by atoms with Gasteiger partial charge < -0.3 is 13.7 Å². The number of hydrogen-bond acceptors (Lipinski definition) is 5. The summed E-state index contributed by atoms with van der Waals surface area (Å²) < 4.78 is 54.9. The summed E-state index contributed by atoms with van der Waals surface area (Å²) in [5.41, 5.74) is 1.21. The van der Waals surface area contributed by atoms with Crippen molar-refractivity contribution in [3.63, 3.8) is 0 Å². The summed E-state index contributed by atoms with van der Waals surface area (Å²) in [6, 6.07) is 7.40. The standard InChI is InChI=1S/C15H14FNO5S/c1-20-11-3-4-12(14(7-11)21-2)13-6-10(16)5-9-8-17-23(18,19)22-15(9)13/h3-7,17H,8H2,1-2H3. The Hall–Kier alpha value is -2.32. The van der Waals surface area contributed by atoms with Crippen LogP contribution in [0, 0.1) is 5.82 Å². The van der Waals surface area contributed by atoms with Crippen molar-refractivity contribution in [2.75, 3.05) is 14.2 Å². The van der Waals surface area contributed by atoms with Crippen molar-refractivity contribution in [1.82, 2.24) is 4.72 Å². The Morgan fingerprint density at radius 3 is 2.61 bits per heavy atom. The molecular formula is C15H14FNO5S. The average molecular weight is 339 g/mol. The highest BCUT2D eigenvalue weighted by molar-refractivity contribution is 7.85. The minimum Gasteiger partial charge on any atom is -0.497 e. The summed E-state index contributed by atoms with van der Waals surface area (Å²) in [6.07, 6.45) is 0. The normalized spacial score (nSPS) is 15.4. The van der Waals surface area contributed by atoms with Gasteiger partial charge in [-0.15, -0.1) is 0 Å². The second kappa shape index (κ2) is 5.71. The summed E-state index contributed by atoms with van der Waals surface area (Å²) in [4.78, 5) is 0. The van der Waals surface area contributed by atoms with Gasteiger partial charge in [0.2, 0.25) is 0 Å². The van der Waals surface area contributed by atoms with Crippen molar-refractivity contribution in [2.45, 2.75) is 6.54 Å². The summed E-state index contributed by atoms with van der Waals surface area (Å²) >= 11 is 0. The van der Waals surface area contributed by atoms with Crippen LogP contribution in [-0.4, -0.2) is 22.6 Å². The zero-order valence-electron chi connectivity index (χ0n) is 12.4. The van der Waals surface area contributed by atoms with Crippen LogP contribution in [-0.2, 0) is 16.8 Å². The van der Waals surface area contributed by atoms with Gasteiger partial charge in [0, 0.05) is 29.3 Å². The molecule has 0 amide bonds. The molecule has 1 N–H and O–H groups in total. The number of ether oxygens (including phenoxy) is 2. The van der Waals surface area contributed by atoms with Crippen LogP contribution in [0.4, 0.5) is 4.39 Å². The molecule has 1 heterocycles. The van der Waals surface area contributed by atoms with Gasteiger partial charge in [-0.3, -0.25) is 0 Å². The van der Waals surface area contributed by atoms with Gasteiger partial charge in [0.25, 0.3) is 0 Å². The van der Waals surface area contributed by atoms with E-state index in [1.54, 1.807) is 18.2 Å². The molecule has 0 saturated carbocycles. The number of methoxy groups -OCH3 is 2. The molecule has 0 unspecified atom stereocenters. The van der Waals surface area contributed by atoms with E-state index in [0.717, 1.165) is 0 Å². The molecule has 0 spiro atoms. The first-order valence-electron chi connectivity index (χ1n) is 6.67. The lowest BCUT2D eigenvalue weighted by atomic mass is 10.00. The Morgan fingerprint density at radius 2 is 1.91 bits per heavy atom. The van der Waals surface area contributed by atoms with E-state index in [4.69, 9.17) is 13.7 Å². The highest BCUT2D eigenvalue weighted by Crippen LogP contribution is 2.42. The lowest BCUT2D eigenvalue weighted by molar-refractivity contribution is 0.395. The van der Waals surface area contributed by atoms with E-state index in [0.29, 0.717) is 28.2 Å². The monoisotopic (exact) mass is 339 g/mol. The number of benzene rings is 2. The van der Waals surface area contributed by atoms with Crippen molar-refractivity contribution in [2.24, 2.45) is 0 Å². The maximum atomic E-state index is 13.9. The fourth-order valence-corrected chi connectivity index (χ4v) is 3.21. The highest BCUT2D eigenvalue weighted by atomic mass is 32.2. The van der Waals surface area contributed by atoms with Gasteiger partial charge in [0.05, 0.1) is 14.2 Å². The van der Waals surface area contributed by atoms with E-state index in [1.807, 2.05) is 0 Å². The Bertz CT molecular complexity index is 866. The molecule has 0 radical (unpaired) electrons. The predicted molar refractivity (Wildman–Crippen MR) is 81.3 cm³/mol.